The van der Waals surface area contributed by atoms with E-state index in [0.717, 1.165) is 60.6 Å². The van der Waals surface area contributed by atoms with Gasteiger partial charge >= 0.3 is 0 Å². The summed E-state index contributed by atoms with van der Waals surface area (Å²) in [6.07, 6.45) is 0. The van der Waals surface area contributed by atoms with Gasteiger partial charge in [0.15, 0.2) is 0 Å². The minimum atomic E-state index is 0.931. The van der Waals surface area contributed by atoms with Crippen LogP contribution < -0.4 is 0 Å². The van der Waals surface area contributed by atoms with Crippen molar-refractivity contribution >= 4 is 193 Å². The molecule has 24 aromatic rings. The first-order valence-electron chi connectivity index (χ1n) is 35.4. The minimum Gasteiger partial charge on any atom is -0.456 e. The Morgan fingerprint density at radius 3 is 1.16 bits per heavy atom. The highest BCUT2D eigenvalue weighted by Crippen LogP contribution is 2.50. The molecule has 0 saturated carbocycles. The summed E-state index contributed by atoms with van der Waals surface area (Å²) in [6.45, 7) is 0. The lowest BCUT2D eigenvalue weighted by Gasteiger charge is -2.09. The molecule has 9 aromatic heterocycles. The Morgan fingerprint density at radius 2 is 0.581 bits per heavy atom. The molecular weight excluding hydrogens is 1340 g/mol. The molecule has 0 aliphatic heterocycles. The highest BCUT2D eigenvalue weighted by Gasteiger charge is 2.24. The summed E-state index contributed by atoms with van der Waals surface area (Å²) < 4.78 is 33.8. The van der Waals surface area contributed by atoms with Crippen molar-refractivity contribution in [3.8, 4) is 50.4 Å². The van der Waals surface area contributed by atoms with E-state index in [1.165, 1.54) is 149 Å². The molecule has 0 saturated heterocycles. The molecule has 0 unspecified atom stereocenters. The van der Waals surface area contributed by atoms with Crippen molar-refractivity contribution < 1.29 is 13.3 Å². The van der Waals surface area contributed by atoms with Gasteiger partial charge in [0.1, 0.15) is 33.5 Å². The monoisotopic (exact) mass is 1400 g/mol. The van der Waals surface area contributed by atoms with Gasteiger partial charge in [-0.3, -0.25) is 0 Å². The first-order valence-corrected chi connectivity index (χ1v) is 37.8. The lowest BCUT2D eigenvalue weighted by atomic mass is 9.98. The zero-order chi connectivity index (χ0) is 68.8. The summed E-state index contributed by atoms with van der Waals surface area (Å²) in [5, 5.41) is 14.8. The van der Waals surface area contributed by atoms with E-state index in [4.69, 9.17) is 13.3 Å². The van der Waals surface area contributed by atoms with Crippen molar-refractivity contribution in [2.24, 2.45) is 0 Å². The van der Waals surface area contributed by atoms with Gasteiger partial charge < -0.3 is 27.0 Å². The zero-order valence-electron chi connectivity index (χ0n) is 56.2. The lowest BCUT2D eigenvalue weighted by molar-refractivity contribution is 0.668. The number of furan rings is 3. The molecule has 0 spiro atoms. The number of hydrogen-bond acceptors (Lipinski definition) is 6. The number of nitrogens with zero attached hydrogens (tertiary/aromatic N) is 3. The second-order valence-electron chi connectivity index (χ2n) is 26.9. The zero-order valence-corrected chi connectivity index (χ0v) is 58.6. The minimum absolute atomic E-state index is 0.931. The number of thiophene rings is 3. The number of fused-ring (bicyclic) bond motifs is 24. The molecule has 9 heteroatoms. The van der Waals surface area contributed by atoms with Gasteiger partial charge in [0, 0.05) is 107 Å². The largest absolute Gasteiger partial charge is 0.456 e. The van der Waals surface area contributed by atoms with Crippen molar-refractivity contribution in [2.45, 2.75) is 0 Å². The lowest BCUT2D eigenvalue weighted by Crippen LogP contribution is -1.92. The Bertz CT molecular complexity index is 7600. The van der Waals surface area contributed by atoms with Crippen molar-refractivity contribution in [3.63, 3.8) is 0 Å². The fourth-order valence-corrected chi connectivity index (χ4v) is 20.3. The standard InChI is InChI=1S/3C32H19NOS/c1-2-10-20(11-3-1)33-26-17-6-4-12-23(26)32-30(33)25-16-8-15-22(31(25)35-32)21-14-9-19-28-29(21)24-13-5-7-18-27(24)34-28;1-2-9-21(10-3-1)33-27-15-6-4-12-25(27)32-30(33)26-18-17-20(19-29(26)35-32)22-13-8-14-24-23-11-5-7-16-28(23)34-31(22)24;1-2-8-22(9-3-1)33-27-12-6-4-11-25(27)32-31(33)26-17-15-21(19-30(26)35-32)20-14-16-24-23-10-5-7-13-28(23)34-29(24)18-20/h3*1-19H. The van der Waals surface area contributed by atoms with Gasteiger partial charge in [-0.2, -0.15) is 0 Å². The fraction of sp³-hybridized carbons (Fsp3) is 0. The number of benzene rings is 15. The highest BCUT2D eigenvalue weighted by atomic mass is 32.1. The van der Waals surface area contributed by atoms with E-state index in [0.29, 0.717) is 0 Å². The number of hydrogen-bond donors (Lipinski definition) is 0. The Labute approximate surface area is 612 Å². The predicted octanol–water partition coefficient (Wildman–Crippen LogP) is 28.7. The van der Waals surface area contributed by atoms with Gasteiger partial charge in [0.05, 0.1) is 47.2 Å². The average molecular weight is 1400 g/mol. The van der Waals surface area contributed by atoms with Crippen molar-refractivity contribution in [2.75, 3.05) is 0 Å². The molecule has 0 bridgehead atoms. The number of rotatable bonds is 6. The summed E-state index contributed by atoms with van der Waals surface area (Å²) in [5.74, 6) is 0. The fourth-order valence-electron chi connectivity index (χ4n) is 16.4. The quantitative estimate of drug-likeness (QED) is 0.167. The van der Waals surface area contributed by atoms with Crippen LogP contribution >= 0.6 is 34.0 Å². The molecule has 0 aliphatic rings. The molecule has 0 amide bonds. The van der Waals surface area contributed by atoms with Crippen LogP contribution in [-0.4, -0.2) is 13.7 Å². The SMILES string of the molecule is c1ccc(-n2c3ccccc3c3sc4c(-c5cccc6oc7ccccc7c56)cccc4c32)cc1.c1ccc(-n2c3ccccc3c3sc4cc(-c5ccc6c(c5)oc5ccccc56)ccc4c32)cc1.c1ccc(-n2c3ccccc3c3sc4cc(-c5cccc6c5oc5ccccc56)ccc4c32)cc1. The Kier molecular flexibility index (Phi) is 13.5. The first kappa shape index (κ1) is 59.6. The third kappa shape index (κ3) is 9.32. The highest BCUT2D eigenvalue weighted by molar-refractivity contribution is 7.28. The first-order chi connectivity index (χ1) is 52.1. The predicted molar refractivity (Wildman–Crippen MR) is 447 cm³/mol. The normalized spacial score (nSPS) is 12.0. The Balaban J connectivity index is 0.0000000986. The topological polar surface area (TPSA) is 54.2 Å². The smallest absolute Gasteiger partial charge is 0.143 e. The maximum Gasteiger partial charge on any atom is 0.143 e. The molecule has 15 aromatic carbocycles. The van der Waals surface area contributed by atoms with Crippen molar-refractivity contribution in [3.05, 3.63) is 346 Å². The molecule has 0 fully saturated rings. The van der Waals surface area contributed by atoms with E-state index >= 15 is 0 Å². The van der Waals surface area contributed by atoms with Gasteiger partial charge in [0.25, 0.3) is 0 Å². The number of para-hydroxylation sites is 10. The molecule has 9 heterocycles. The van der Waals surface area contributed by atoms with Gasteiger partial charge in [-0.1, -0.05) is 243 Å². The van der Waals surface area contributed by atoms with Crippen LogP contribution in [0.5, 0.6) is 0 Å². The molecule has 0 atom stereocenters. The van der Waals surface area contributed by atoms with Crippen LogP contribution in [0.3, 0.4) is 0 Å². The Hall–Kier alpha value is -13.0. The van der Waals surface area contributed by atoms with Gasteiger partial charge in [-0.05, 0) is 125 Å². The summed E-state index contributed by atoms with van der Waals surface area (Å²) >= 11 is 5.65. The third-order valence-electron chi connectivity index (χ3n) is 21.0. The second-order valence-corrected chi connectivity index (χ2v) is 30.0. The molecule has 0 N–H and O–H groups in total. The maximum atomic E-state index is 6.33. The van der Waals surface area contributed by atoms with Crippen molar-refractivity contribution in [1.82, 2.24) is 13.7 Å². The van der Waals surface area contributed by atoms with Crippen LogP contribution in [0, 0.1) is 0 Å². The number of aromatic nitrogens is 3. The summed E-state index contributed by atoms with van der Waals surface area (Å²) in [7, 11) is 0. The van der Waals surface area contributed by atoms with E-state index in [1.54, 1.807) is 0 Å². The van der Waals surface area contributed by atoms with Gasteiger partial charge in [0.2, 0.25) is 0 Å². The molecule has 0 radical (unpaired) electrons. The van der Waals surface area contributed by atoms with Crippen LogP contribution in [0.15, 0.2) is 359 Å². The van der Waals surface area contributed by atoms with Crippen LogP contribution in [0.4, 0.5) is 0 Å². The second kappa shape index (κ2) is 23.8. The van der Waals surface area contributed by atoms with E-state index < -0.39 is 0 Å². The molecule has 105 heavy (non-hydrogen) atoms. The van der Waals surface area contributed by atoms with Crippen LogP contribution in [-0.2, 0) is 0 Å². The van der Waals surface area contributed by atoms with E-state index in [-0.39, 0.29) is 0 Å². The van der Waals surface area contributed by atoms with Gasteiger partial charge in [-0.25, -0.2) is 0 Å². The van der Waals surface area contributed by atoms with Crippen LogP contribution in [0.25, 0.3) is 210 Å². The van der Waals surface area contributed by atoms with E-state index in [2.05, 4.69) is 323 Å². The summed E-state index contributed by atoms with van der Waals surface area (Å²) in [6, 6.07) is 123. The average Bonchev–Trinajstić information content (AvgIpc) is 1.56. The molecule has 492 valence electrons. The maximum absolute atomic E-state index is 6.33. The van der Waals surface area contributed by atoms with E-state index in [9.17, 15) is 0 Å². The Morgan fingerprint density at radius 1 is 0.210 bits per heavy atom. The molecular formula is C96H57N3O3S3. The molecule has 0 aliphatic carbocycles. The summed E-state index contributed by atoms with van der Waals surface area (Å²) in [4.78, 5) is 0. The summed E-state index contributed by atoms with van der Waals surface area (Å²) in [5.41, 5.74) is 24.0. The van der Waals surface area contributed by atoms with Crippen LogP contribution in [0.1, 0.15) is 0 Å². The van der Waals surface area contributed by atoms with E-state index in [1.807, 2.05) is 70.4 Å². The van der Waals surface area contributed by atoms with Crippen molar-refractivity contribution in [1.29, 1.82) is 0 Å². The molecule has 6 nitrogen and oxygen atoms in total. The molecule has 24 rings (SSSR count). The van der Waals surface area contributed by atoms with Crippen LogP contribution in [0.2, 0.25) is 0 Å². The third-order valence-corrected chi connectivity index (χ3v) is 24.6. The van der Waals surface area contributed by atoms with Gasteiger partial charge in [-0.15, -0.1) is 34.0 Å².